The van der Waals surface area contributed by atoms with E-state index in [0.717, 1.165) is 18.6 Å². The molecule has 17 heavy (non-hydrogen) atoms. The molecule has 0 bridgehead atoms. The van der Waals surface area contributed by atoms with Gasteiger partial charge in [-0.3, -0.25) is 0 Å². The summed E-state index contributed by atoms with van der Waals surface area (Å²) in [5.41, 5.74) is 3.63. The first kappa shape index (κ1) is 10.3. The standard InChI is InChI=1S/C15H15NO/c1-10(16-17)8-13-9-12-6-2-4-11-5-3-7-14(13)15(11)12/h2-7,13,17H,8-9H2,1H3. The summed E-state index contributed by atoms with van der Waals surface area (Å²) in [7, 11) is 0. The number of nitrogens with zero attached hydrogens (tertiary/aromatic N) is 1. The Morgan fingerprint density at radius 1 is 1.29 bits per heavy atom. The highest BCUT2D eigenvalue weighted by molar-refractivity contribution is 5.92. The second-order valence-electron chi connectivity index (χ2n) is 4.80. The van der Waals surface area contributed by atoms with E-state index in [4.69, 9.17) is 5.21 Å². The molecule has 0 saturated carbocycles. The average molecular weight is 225 g/mol. The Morgan fingerprint density at radius 3 is 2.82 bits per heavy atom. The zero-order valence-electron chi connectivity index (χ0n) is 9.85. The van der Waals surface area contributed by atoms with Gasteiger partial charge >= 0.3 is 0 Å². The van der Waals surface area contributed by atoms with E-state index < -0.39 is 0 Å². The Balaban J connectivity index is 2.10. The fraction of sp³-hybridized carbons (Fsp3) is 0.267. The van der Waals surface area contributed by atoms with Crippen molar-refractivity contribution in [2.75, 3.05) is 0 Å². The second-order valence-corrected chi connectivity index (χ2v) is 4.80. The fourth-order valence-corrected chi connectivity index (χ4v) is 2.91. The van der Waals surface area contributed by atoms with E-state index >= 15 is 0 Å². The predicted octanol–water partition coefficient (Wildman–Crippen LogP) is 3.72. The van der Waals surface area contributed by atoms with Crippen molar-refractivity contribution in [1.29, 1.82) is 0 Å². The molecule has 2 aromatic carbocycles. The Labute approximate surface area is 101 Å². The van der Waals surface area contributed by atoms with Gasteiger partial charge in [0.25, 0.3) is 0 Å². The summed E-state index contributed by atoms with van der Waals surface area (Å²) < 4.78 is 0. The monoisotopic (exact) mass is 225 g/mol. The van der Waals surface area contributed by atoms with Gasteiger partial charge in [0.2, 0.25) is 0 Å². The van der Waals surface area contributed by atoms with E-state index in [1.807, 2.05) is 6.92 Å². The smallest absolute Gasteiger partial charge is 0.0546 e. The van der Waals surface area contributed by atoms with Crippen molar-refractivity contribution in [3.8, 4) is 0 Å². The molecule has 2 heteroatoms. The van der Waals surface area contributed by atoms with E-state index in [1.165, 1.54) is 21.9 Å². The van der Waals surface area contributed by atoms with Gasteiger partial charge < -0.3 is 5.21 Å². The molecule has 1 aliphatic rings. The van der Waals surface area contributed by atoms with Gasteiger partial charge in [0, 0.05) is 0 Å². The fourth-order valence-electron chi connectivity index (χ4n) is 2.91. The minimum absolute atomic E-state index is 0.465. The lowest BCUT2D eigenvalue weighted by molar-refractivity contribution is 0.316. The molecule has 0 aromatic heterocycles. The molecular formula is C15H15NO. The highest BCUT2D eigenvalue weighted by atomic mass is 16.4. The minimum Gasteiger partial charge on any atom is -0.411 e. The molecule has 0 saturated heterocycles. The van der Waals surface area contributed by atoms with Crippen LogP contribution in [0.5, 0.6) is 0 Å². The molecule has 2 nitrogen and oxygen atoms in total. The van der Waals surface area contributed by atoms with Crippen molar-refractivity contribution in [2.24, 2.45) is 5.16 Å². The molecule has 1 N–H and O–H groups in total. The predicted molar refractivity (Wildman–Crippen MR) is 69.9 cm³/mol. The molecule has 86 valence electrons. The third kappa shape index (κ3) is 1.60. The second kappa shape index (κ2) is 3.88. The van der Waals surface area contributed by atoms with Gasteiger partial charge in [0.15, 0.2) is 0 Å². The van der Waals surface area contributed by atoms with Crippen molar-refractivity contribution in [1.82, 2.24) is 0 Å². The van der Waals surface area contributed by atoms with Crippen LogP contribution in [0.3, 0.4) is 0 Å². The summed E-state index contributed by atoms with van der Waals surface area (Å²) in [5.74, 6) is 0.465. The minimum atomic E-state index is 0.465. The van der Waals surface area contributed by atoms with Gasteiger partial charge in [-0.1, -0.05) is 41.6 Å². The molecule has 0 radical (unpaired) electrons. The quantitative estimate of drug-likeness (QED) is 0.471. The third-order valence-corrected chi connectivity index (χ3v) is 3.64. The molecule has 2 aromatic rings. The Kier molecular flexibility index (Phi) is 2.36. The number of hydrogen-bond donors (Lipinski definition) is 1. The number of benzene rings is 2. The van der Waals surface area contributed by atoms with Crippen LogP contribution < -0.4 is 0 Å². The lowest BCUT2D eigenvalue weighted by Gasteiger charge is -2.10. The summed E-state index contributed by atoms with van der Waals surface area (Å²) >= 11 is 0. The van der Waals surface area contributed by atoms with Crippen LogP contribution in [0.2, 0.25) is 0 Å². The lowest BCUT2D eigenvalue weighted by atomic mass is 9.95. The highest BCUT2D eigenvalue weighted by Gasteiger charge is 2.24. The summed E-state index contributed by atoms with van der Waals surface area (Å²) in [4.78, 5) is 0. The first-order valence-corrected chi connectivity index (χ1v) is 5.97. The van der Waals surface area contributed by atoms with Gasteiger partial charge in [-0.2, -0.15) is 0 Å². The van der Waals surface area contributed by atoms with Crippen molar-refractivity contribution < 1.29 is 5.21 Å². The molecule has 0 heterocycles. The molecule has 1 unspecified atom stereocenters. The molecule has 3 rings (SSSR count). The average Bonchev–Trinajstić information content (AvgIpc) is 2.70. The van der Waals surface area contributed by atoms with Crippen molar-refractivity contribution in [2.45, 2.75) is 25.7 Å². The summed E-state index contributed by atoms with van der Waals surface area (Å²) in [6.45, 7) is 1.88. The van der Waals surface area contributed by atoms with Gasteiger partial charge in [-0.25, -0.2) is 0 Å². The maximum Gasteiger partial charge on any atom is 0.0546 e. The van der Waals surface area contributed by atoms with Crippen LogP contribution in [0, 0.1) is 0 Å². The lowest BCUT2D eigenvalue weighted by Crippen LogP contribution is -2.03. The Hall–Kier alpha value is -1.83. The van der Waals surface area contributed by atoms with Crippen LogP contribution in [0.4, 0.5) is 0 Å². The van der Waals surface area contributed by atoms with Gasteiger partial charge in [0.05, 0.1) is 5.71 Å². The first-order valence-electron chi connectivity index (χ1n) is 5.97. The van der Waals surface area contributed by atoms with E-state index in [0.29, 0.717) is 5.92 Å². The normalized spacial score (nSPS) is 18.9. The summed E-state index contributed by atoms with van der Waals surface area (Å²) in [6, 6.07) is 13.0. The van der Waals surface area contributed by atoms with E-state index in [-0.39, 0.29) is 0 Å². The van der Waals surface area contributed by atoms with Crippen LogP contribution in [-0.4, -0.2) is 10.9 Å². The van der Waals surface area contributed by atoms with Crippen molar-refractivity contribution >= 4 is 16.5 Å². The zero-order chi connectivity index (χ0) is 11.8. The van der Waals surface area contributed by atoms with Gasteiger partial charge in [-0.15, -0.1) is 0 Å². The molecule has 0 fully saturated rings. The van der Waals surface area contributed by atoms with Gasteiger partial charge in [-0.05, 0) is 47.6 Å². The SMILES string of the molecule is CC(CC1Cc2cccc3cccc1c23)=NO. The number of hydrogen-bond acceptors (Lipinski definition) is 2. The number of rotatable bonds is 2. The van der Waals surface area contributed by atoms with Crippen LogP contribution in [0.25, 0.3) is 10.8 Å². The molecule has 0 spiro atoms. The third-order valence-electron chi connectivity index (χ3n) is 3.64. The van der Waals surface area contributed by atoms with Crippen LogP contribution in [0.15, 0.2) is 41.6 Å². The molecule has 1 aliphatic carbocycles. The Morgan fingerprint density at radius 2 is 2.06 bits per heavy atom. The van der Waals surface area contributed by atoms with Crippen molar-refractivity contribution in [3.05, 3.63) is 47.5 Å². The van der Waals surface area contributed by atoms with Crippen molar-refractivity contribution in [3.63, 3.8) is 0 Å². The van der Waals surface area contributed by atoms with Gasteiger partial charge in [0.1, 0.15) is 0 Å². The van der Waals surface area contributed by atoms with Crippen LogP contribution in [0.1, 0.15) is 30.4 Å². The maximum atomic E-state index is 8.79. The highest BCUT2D eigenvalue weighted by Crippen LogP contribution is 2.39. The maximum absolute atomic E-state index is 8.79. The molecule has 0 aliphatic heterocycles. The van der Waals surface area contributed by atoms with E-state index in [1.54, 1.807) is 0 Å². The van der Waals surface area contributed by atoms with Crippen LogP contribution in [-0.2, 0) is 6.42 Å². The number of oxime groups is 1. The Bertz CT molecular complexity index is 596. The first-order chi connectivity index (χ1) is 8.29. The summed E-state index contributed by atoms with van der Waals surface area (Å²) in [6.07, 6.45) is 1.90. The van der Waals surface area contributed by atoms with E-state index in [9.17, 15) is 0 Å². The topological polar surface area (TPSA) is 32.6 Å². The van der Waals surface area contributed by atoms with E-state index in [2.05, 4.69) is 41.6 Å². The molecule has 1 atom stereocenters. The largest absolute Gasteiger partial charge is 0.411 e. The zero-order valence-corrected chi connectivity index (χ0v) is 9.85. The summed E-state index contributed by atoms with van der Waals surface area (Å²) in [5, 5.41) is 14.8. The molecular weight excluding hydrogens is 210 g/mol. The van der Waals surface area contributed by atoms with Crippen LogP contribution >= 0.6 is 0 Å². The molecule has 0 amide bonds.